The molecule has 0 aliphatic carbocycles. The third kappa shape index (κ3) is 3.30. The lowest BCUT2D eigenvalue weighted by Crippen LogP contribution is -2.07. The predicted octanol–water partition coefficient (Wildman–Crippen LogP) is 2.82. The highest BCUT2D eigenvalue weighted by atomic mass is 16.5. The molecule has 0 saturated carbocycles. The molecule has 0 amide bonds. The first-order chi connectivity index (χ1) is 9.08. The van der Waals surface area contributed by atoms with Gasteiger partial charge in [0.1, 0.15) is 5.75 Å². The number of rotatable bonds is 5. The summed E-state index contributed by atoms with van der Waals surface area (Å²) in [6.45, 7) is 9.10. The Morgan fingerprint density at radius 1 is 1.21 bits per heavy atom. The molecule has 19 heavy (non-hydrogen) atoms. The van der Waals surface area contributed by atoms with Crippen LogP contribution in [0.2, 0.25) is 0 Å². The SMILES string of the molecule is CC(C)COc1cccc(-n2nnnc2C(C)C)c1. The Kier molecular flexibility index (Phi) is 4.14. The number of tetrazole rings is 1. The minimum absolute atomic E-state index is 0.273. The number of hydrogen-bond acceptors (Lipinski definition) is 4. The van der Waals surface area contributed by atoms with Crippen LogP contribution in [0.1, 0.15) is 39.4 Å². The lowest BCUT2D eigenvalue weighted by Gasteiger charge is -2.11. The molecular weight excluding hydrogens is 240 g/mol. The summed E-state index contributed by atoms with van der Waals surface area (Å²) >= 11 is 0. The van der Waals surface area contributed by atoms with Gasteiger partial charge >= 0.3 is 0 Å². The molecule has 1 aromatic heterocycles. The summed E-state index contributed by atoms with van der Waals surface area (Å²) in [7, 11) is 0. The molecule has 2 rings (SSSR count). The highest BCUT2D eigenvalue weighted by Gasteiger charge is 2.12. The van der Waals surface area contributed by atoms with Crippen molar-refractivity contribution in [3.05, 3.63) is 30.1 Å². The number of nitrogens with zero attached hydrogens (tertiary/aromatic N) is 4. The zero-order valence-corrected chi connectivity index (χ0v) is 11.9. The van der Waals surface area contributed by atoms with Crippen LogP contribution in [0.15, 0.2) is 24.3 Å². The summed E-state index contributed by atoms with van der Waals surface area (Å²) in [5.41, 5.74) is 0.926. The van der Waals surface area contributed by atoms with Crippen LogP contribution in [0.25, 0.3) is 5.69 Å². The Hall–Kier alpha value is -1.91. The van der Waals surface area contributed by atoms with Crippen molar-refractivity contribution in [3.63, 3.8) is 0 Å². The fourth-order valence-electron chi connectivity index (χ4n) is 1.71. The zero-order chi connectivity index (χ0) is 13.8. The Morgan fingerprint density at radius 3 is 2.68 bits per heavy atom. The van der Waals surface area contributed by atoms with Gasteiger partial charge < -0.3 is 4.74 Å². The van der Waals surface area contributed by atoms with Crippen molar-refractivity contribution < 1.29 is 4.74 Å². The molecule has 0 spiro atoms. The van der Waals surface area contributed by atoms with Crippen LogP contribution >= 0.6 is 0 Å². The van der Waals surface area contributed by atoms with Gasteiger partial charge in [-0.1, -0.05) is 33.8 Å². The van der Waals surface area contributed by atoms with E-state index in [9.17, 15) is 0 Å². The number of aromatic nitrogens is 4. The van der Waals surface area contributed by atoms with Crippen molar-refractivity contribution in [2.75, 3.05) is 6.61 Å². The average Bonchev–Trinajstić information content (AvgIpc) is 2.86. The molecule has 5 nitrogen and oxygen atoms in total. The van der Waals surface area contributed by atoms with Crippen molar-refractivity contribution in [1.82, 2.24) is 20.2 Å². The predicted molar refractivity (Wildman–Crippen MR) is 73.6 cm³/mol. The molecule has 0 bridgehead atoms. The van der Waals surface area contributed by atoms with Gasteiger partial charge in [0.2, 0.25) is 0 Å². The Balaban J connectivity index is 2.25. The van der Waals surface area contributed by atoms with E-state index in [4.69, 9.17) is 4.74 Å². The summed E-state index contributed by atoms with van der Waals surface area (Å²) in [6.07, 6.45) is 0. The van der Waals surface area contributed by atoms with Crippen molar-refractivity contribution in [2.24, 2.45) is 5.92 Å². The third-order valence-corrected chi connectivity index (χ3v) is 2.66. The van der Waals surface area contributed by atoms with E-state index < -0.39 is 0 Å². The molecule has 2 aromatic rings. The molecule has 0 radical (unpaired) electrons. The summed E-state index contributed by atoms with van der Waals surface area (Å²) in [4.78, 5) is 0. The first-order valence-corrected chi connectivity index (χ1v) is 6.59. The van der Waals surface area contributed by atoms with Crippen molar-refractivity contribution in [1.29, 1.82) is 0 Å². The van der Waals surface area contributed by atoms with E-state index in [1.54, 1.807) is 4.68 Å². The summed E-state index contributed by atoms with van der Waals surface area (Å²) in [6, 6.07) is 7.84. The molecule has 5 heteroatoms. The highest BCUT2D eigenvalue weighted by molar-refractivity contribution is 5.39. The van der Waals surface area contributed by atoms with Crippen LogP contribution < -0.4 is 4.74 Å². The van der Waals surface area contributed by atoms with Crippen LogP contribution in [0.4, 0.5) is 0 Å². The van der Waals surface area contributed by atoms with Crippen LogP contribution in [0.5, 0.6) is 5.75 Å². The molecule has 0 N–H and O–H groups in total. The lowest BCUT2D eigenvalue weighted by atomic mass is 10.2. The Bertz CT molecular complexity index is 534. The van der Waals surface area contributed by atoms with Gasteiger partial charge in [-0.25, -0.2) is 0 Å². The van der Waals surface area contributed by atoms with Gasteiger partial charge in [0.15, 0.2) is 5.82 Å². The standard InChI is InChI=1S/C14H20N4O/c1-10(2)9-19-13-7-5-6-12(8-13)18-14(11(3)4)15-16-17-18/h5-8,10-11H,9H2,1-4H3. The van der Waals surface area contributed by atoms with Crippen LogP contribution in [-0.2, 0) is 0 Å². The maximum atomic E-state index is 5.72. The molecule has 0 aliphatic heterocycles. The van der Waals surface area contributed by atoms with E-state index in [2.05, 4.69) is 43.2 Å². The third-order valence-electron chi connectivity index (χ3n) is 2.66. The monoisotopic (exact) mass is 260 g/mol. The molecule has 1 heterocycles. The molecule has 0 aliphatic rings. The topological polar surface area (TPSA) is 52.8 Å². The van der Waals surface area contributed by atoms with E-state index in [0.717, 1.165) is 17.3 Å². The average molecular weight is 260 g/mol. The van der Waals surface area contributed by atoms with Gasteiger partial charge in [0.05, 0.1) is 12.3 Å². The number of hydrogen-bond donors (Lipinski definition) is 0. The molecule has 0 fully saturated rings. The maximum Gasteiger partial charge on any atom is 0.159 e. The Labute approximate surface area is 113 Å². The lowest BCUT2D eigenvalue weighted by molar-refractivity contribution is 0.271. The largest absolute Gasteiger partial charge is 0.493 e. The van der Waals surface area contributed by atoms with Gasteiger partial charge in [0.25, 0.3) is 0 Å². The number of benzene rings is 1. The second-order valence-electron chi connectivity index (χ2n) is 5.31. The van der Waals surface area contributed by atoms with E-state index in [-0.39, 0.29) is 5.92 Å². The van der Waals surface area contributed by atoms with Crippen molar-refractivity contribution in [3.8, 4) is 11.4 Å². The smallest absolute Gasteiger partial charge is 0.159 e. The molecule has 0 atom stereocenters. The minimum Gasteiger partial charge on any atom is -0.493 e. The summed E-state index contributed by atoms with van der Waals surface area (Å²) in [5, 5.41) is 11.8. The van der Waals surface area contributed by atoms with E-state index in [1.165, 1.54) is 0 Å². The van der Waals surface area contributed by atoms with E-state index in [0.29, 0.717) is 12.5 Å². The van der Waals surface area contributed by atoms with E-state index in [1.807, 2.05) is 24.3 Å². The minimum atomic E-state index is 0.273. The number of ether oxygens (including phenoxy) is 1. The van der Waals surface area contributed by atoms with Gasteiger partial charge in [-0.2, -0.15) is 4.68 Å². The maximum absolute atomic E-state index is 5.72. The molecular formula is C14H20N4O. The highest BCUT2D eigenvalue weighted by Crippen LogP contribution is 2.20. The molecule has 102 valence electrons. The van der Waals surface area contributed by atoms with Gasteiger partial charge in [-0.3, -0.25) is 0 Å². The second-order valence-corrected chi connectivity index (χ2v) is 5.31. The molecule has 0 saturated heterocycles. The van der Waals surface area contributed by atoms with Crippen molar-refractivity contribution in [2.45, 2.75) is 33.6 Å². The summed E-state index contributed by atoms with van der Waals surface area (Å²) in [5.74, 6) is 2.47. The zero-order valence-electron chi connectivity index (χ0n) is 11.9. The second kappa shape index (κ2) is 5.82. The summed E-state index contributed by atoms with van der Waals surface area (Å²) < 4.78 is 7.48. The van der Waals surface area contributed by atoms with Crippen LogP contribution in [0.3, 0.4) is 0 Å². The van der Waals surface area contributed by atoms with E-state index >= 15 is 0 Å². The first-order valence-electron chi connectivity index (χ1n) is 6.59. The van der Waals surface area contributed by atoms with Gasteiger partial charge in [0, 0.05) is 12.0 Å². The van der Waals surface area contributed by atoms with Crippen molar-refractivity contribution >= 4 is 0 Å². The van der Waals surface area contributed by atoms with Crippen LogP contribution in [0, 0.1) is 5.92 Å². The normalized spacial score (nSPS) is 11.3. The fourth-order valence-corrected chi connectivity index (χ4v) is 1.71. The van der Waals surface area contributed by atoms with Crippen LogP contribution in [-0.4, -0.2) is 26.8 Å². The first kappa shape index (κ1) is 13.5. The quantitative estimate of drug-likeness (QED) is 0.829. The van der Waals surface area contributed by atoms with Gasteiger partial charge in [-0.15, -0.1) is 5.10 Å². The molecule has 1 aromatic carbocycles. The molecule has 0 unspecified atom stereocenters. The van der Waals surface area contributed by atoms with Gasteiger partial charge in [-0.05, 0) is 28.5 Å². The fraction of sp³-hybridized carbons (Fsp3) is 0.500. The Morgan fingerprint density at radius 2 is 2.00 bits per heavy atom.